The fraction of sp³-hybridized carbons (Fsp3) is 0.538. The van der Waals surface area contributed by atoms with E-state index in [1.807, 2.05) is 50.2 Å². The van der Waals surface area contributed by atoms with Crippen LogP contribution in [-0.4, -0.2) is 53.5 Å². The topological polar surface area (TPSA) is 63.0 Å². The fourth-order valence-electron chi connectivity index (χ4n) is 3.89. The number of nitrogens with zero attached hydrogens (tertiary/aromatic N) is 2. The van der Waals surface area contributed by atoms with Crippen molar-refractivity contribution in [1.29, 1.82) is 0 Å². The number of benzene rings is 1. The Morgan fingerprint density at radius 1 is 1.12 bits per heavy atom. The second-order valence-corrected chi connectivity index (χ2v) is 9.84. The third kappa shape index (κ3) is 6.22. The van der Waals surface area contributed by atoms with E-state index in [-0.39, 0.29) is 35.9 Å². The van der Waals surface area contributed by atoms with Crippen LogP contribution in [0.2, 0.25) is 0 Å². The van der Waals surface area contributed by atoms with E-state index in [0.717, 1.165) is 25.2 Å². The van der Waals surface area contributed by atoms with Gasteiger partial charge in [-0.2, -0.15) is 0 Å². The molecule has 1 aromatic carbocycles. The van der Waals surface area contributed by atoms with Gasteiger partial charge in [-0.25, -0.2) is 0 Å². The summed E-state index contributed by atoms with van der Waals surface area (Å²) in [6.45, 7) is 11.9. The minimum Gasteiger partial charge on any atom is -0.467 e. The molecule has 2 amide bonds. The second-order valence-electron chi connectivity index (χ2n) is 9.84. The van der Waals surface area contributed by atoms with Gasteiger partial charge in [0.05, 0.1) is 18.9 Å². The van der Waals surface area contributed by atoms with Crippen LogP contribution in [0.15, 0.2) is 47.1 Å². The Balaban J connectivity index is 1.74. The molecule has 1 unspecified atom stereocenters. The van der Waals surface area contributed by atoms with Gasteiger partial charge in [-0.05, 0) is 61.9 Å². The van der Waals surface area contributed by atoms with E-state index in [0.29, 0.717) is 18.7 Å². The van der Waals surface area contributed by atoms with E-state index < -0.39 is 0 Å². The third-order valence-corrected chi connectivity index (χ3v) is 5.92. The normalized spacial score (nSPS) is 16.4. The zero-order chi connectivity index (χ0) is 23.3. The Kier molecular flexibility index (Phi) is 7.77. The molecule has 1 fully saturated rings. The number of furan rings is 1. The van der Waals surface area contributed by atoms with Crippen molar-refractivity contribution >= 4 is 11.8 Å². The van der Waals surface area contributed by atoms with Crippen LogP contribution in [0.4, 0.5) is 0 Å². The maximum Gasteiger partial charge on any atom is 0.254 e. The Bertz CT molecular complexity index is 876. The first-order valence-corrected chi connectivity index (χ1v) is 11.5. The molecule has 6 nitrogen and oxygen atoms in total. The number of amides is 2. The van der Waals surface area contributed by atoms with Crippen molar-refractivity contribution in [2.24, 2.45) is 0 Å². The minimum atomic E-state index is -0.135. The SMILES string of the molecule is CC(C)N(CC(=O)N(Cc1ccco1)CC1CCCO1)C(=O)c1ccc(C(C)(C)C)cc1. The van der Waals surface area contributed by atoms with Crippen LogP contribution in [0, 0.1) is 0 Å². The molecule has 0 N–H and O–H groups in total. The summed E-state index contributed by atoms with van der Waals surface area (Å²) in [5, 5.41) is 0. The highest BCUT2D eigenvalue weighted by Gasteiger charge is 2.28. The van der Waals surface area contributed by atoms with Gasteiger partial charge in [-0.3, -0.25) is 9.59 Å². The first-order valence-electron chi connectivity index (χ1n) is 11.5. The summed E-state index contributed by atoms with van der Waals surface area (Å²) in [4.78, 5) is 30.0. The van der Waals surface area contributed by atoms with Crippen LogP contribution in [0.25, 0.3) is 0 Å². The third-order valence-electron chi connectivity index (χ3n) is 5.92. The predicted octanol–water partition coefficient (Wildman–Crippen LogP) is 4.64. The van der Waals surface area contributed by atoms with Gasteiger partial charge < -0.3 is 19.0 Å². The van der Waals surface area contributed by atoms with Crippen LogP contribution in [-0.2, 0) is 21.5 Å². The summed E-state index contributed by atoms with van der Waals surface area (Å²) >= 11 is 0. The monoisotopic (exact) mass is 440 g/mol. The van der Waals surface area contributed by atoms with E-state index in [9.17, 15) is 9.59 Å². The van der Waals surface area contributed by atoms with Crippen molar-refractivity contribution in [3.63, 3.8) is 0 Å². The molecule has 1 saturated heterocycles. The van der Waals surface area contributed by atoms with Gasteiger partial charge in [0.15, 0.2) is 0 Å². The van der Waals surface area contributed by atoms with Gasteiger partial charge in [0, 0.05) is 24.8 Å². The first kappa shape index (κ1) is 24.1. The number of carbonyl (C=O) groups excluding carboxylic acids is 2. The van der Waals surface area contributed by atoms with E-state index in [1.165, 1.54) is 5.56 Å². The molecule has 0 spiro atoms. The zero-order valence-electron chi connectivity index (χ0n) is 20.0. The number of hydrogen-bond acceptors (Lipinski definition) is 4. The first-order chi connectivity index (χ1) is 15.1. The van der Waals surface area contributed by atoms with E-state index in [2.05, 4.69) is 20.8 Å². The number of ether oxygens (including phenoxy) is 1. The highest BCUT2D eigenvalue weighted by Crippen LogP contribution is 2.23. The summed E-state index contributed by atoms with van der Waals surface area (Å²) in [7, 11) is 0. The number of rotatable bonds is 8. The lowest BCUT2D eigenvalue weighted by molar-refractivity contribution is -0.134. The summed E-state index contributed by atoms with van der Waals surface area (Å²) in [5.41, 5.74) is 1.78. The highest BCUT2D eigenvalue weighted by atomic mass is 16.5. The van der Waals surface area contributed by atoms with Gasteiger partial charge in [0.1, 0.15) is 12.3 Å². The zero-order valence-corrected chi connectivity index (χ0v) is 20.0. The maximum atomic E-state index is 13.3. The molecular weight excluding hydrogens is 404 g/mol. The summed E-state index contributed by atoms with van der Waals surface area (Å²) in [6.07, 6.45) is 3.58. The molecule has 3 rings (SSSR count). The average molecular weight is 441 g/mol. The standard InChI is InChI=1S/C26H36N2O4/c1-19(2)28(25(30)20-10-12-21(13-11-20)26(3,4)5)18-24(29)27(16-22-8-6-14-31-22)17-23-9-7-15-32-23/h6,8,10-14,19,23H,7,9,15-18H2,1-5H3. The second kappa shape index (κ2) is 10.3. The van der Waals surface area contributed by atoms with Crippen molar-refractivity contribution < 1.29 is 18.7 Å². The van der Waals surface area contributed by atoms with E-state index in [1.54, 1.807) is 16.1 Å². The lowest BCUT2D eigenvalue weighted by Gasteiger charge is -2.31. The van der Waals surface area contributed by atoms with Gasteiger partial charge in [-0.15, -0.1) is 0 Å². The van der Waals surface area contributed by atoms with Crippen molar-refractivity contribution in [3.8, 4) is 0 Å². The van der Waals surface area contributed by atoms with E-state index in [4.69, 9.17) is 9.15 Å². The minimum absolute atomic E-state index is 0.0178. The molecule has 174 valence electrons. The fourth-order valence-corrected chi connectivity index (χ4v) is 3.89. The van der Waals surface area contributed by atoms with Gasteiger partial charge in [0.2, 0.25) is 5.91 Å². The molecule has 6 heteroatoms. The Morgan fingerprint density at radius 3 is 2.38 bits per heavy atom. The van der Waals surface area contributed by atoms with Gasteiger partial charge in [0.25, 0.3) is 5.91 Å². The van der Waals surface area contributed by atoms with Crippen LogP contribution >= 0.6 is 0 Å². The Hall–Kier alpha value is -2.60. The van der Waals surface area contributed by atoms with Crippen molar-refractivity contribution in [3.05, 3.63) is 59.5 Å². The largest absolute Gasteiger partial charge is 0.467 e. The van der Waals surface area contributed by atoms with Crippen LogP contribution < -0.4 is 0 Å². The lowest BCUT2D eigenvalue weighted by Crippen LogP contribution is -2.47. The molecule has 0 aliphatic carbocycles. The Morgan fingerprint density at radius 2 is 1.84 bits per heavy atom. The number of carbonyl (C=O) groups is 2. The van der Waals surface area contributed by atoms with Crippen molar-refractivity contribution in [1.82, 2.24) is 9.80 Å². The molecule has 32 heavy (non-hydrogen) atoms. The van der Waals surface area contributed by atoms with Gasteiger partial charge >= 0.3 is 0 Å². The van der Waals surface area contributed by atoms with Crippen LogP contribution in [0.3, 0.4) is 0 Å². The van der Waals surface area contributed by atoms with Crippen molar-refractivity contribution in [2.45, 2.75) is 71.6 Å². The molecule has 2 heterocycles. The quantitative estimate of drug-likeness (QED) is 0.600. The molecule has 0 saturated carbocycles. The summed E-state index contributed by atoms with van der Waals surface area (Å²) in [5.74, 6) is 0.477. The Labute approximate surface area is 191 Å². The van der Waals surface area contributed by atoms with E-state index >= 15 is 0 Å². The lowest BCUT2D eigenvalue weighted by atomic mass is 9.86. The molecule has 2 aromatic rings. The molecule has 1 aliphatic rings. The molecular formula is C26H36N2O4. The van der Waals surface area contributed by atoms with Gasteiger partial charge in [-0.1, -0.05) is 32.9 Å². The molecule has 0 bridgehead atoms. The maximum absolute atomic E-state index is 13.3. The van der Waals surface area contributed by atoms with Crippen LogP contribution in [0.1, 0.15) is 69.1 Å². The summed E-state index contributed by atoms with van der Waals surface area (Å²) < 4.78 is 11.2. The van der Waals surface area contributed by atoms with Crippen molar-refractivity contribution in [2.75, 3.05) is 19.7 Å². The smallest absolute Gasteiger partial charge is 0.254 e. The molecule has 1 aliphatic heterocycles. The molecule has 0 radical (unpaired) electrons. The molecule has 1 aromatic heterocycles. The average Bonchev–Trinajstić information content (AvgIpc) is 3.44. The number of hydrogen-bond donors (Lipinski definition) is 0. The highest BCUT2D eigenvalue weighted by molar-refractivity contribution is 5.96. The predicted molar refractivity (Wildman–Crippen MR) is 124 cm³/mol. The summed E-state index contributed by atoms with van der Waals surface area (Å²) in [6, 6.07) is 11.3. The van der Waals surface area contributed by atoms with Crippen LogP contribution in [0.5, 0.6) is 0 Å². The molecule has 1 atom stereocenters.